The summed E-state index contributed by atoms with van der Waals surface area (Å²) >= 11 is 0. The van der Waals surface area contributed by atoms with Crippen molar-refractivity contribution >= 4 is 32.8 Å². The number of amides is 1. The molecule has 0 bridgehead atoms. The molecule has 1 aliphatic rings. The van der Waals surface area contributed by atoms with Gasteiger partial charge in [0.1, 0.15) is 17.2 Å². The summed E-state index contributed by atoms with van der Waals surface area (Å²) in [7, 11) is -3.86. The first-order chi connectivity index (χ1) is 17.3. The average Bonchev–Trinajstić information content (AvgIpc) is 3.04. The molecule has 1 unspecified atom stereocenters. The number of carbonyl (C=O) groups is 1. The van der Waals surface area contributed by atoms with Crippen LogP contribution < -0.4 is 5.32 Å². The van der Waals surface area contributed by atoms with E-state index in [0.29, 0.717) is 43.4 Å². The standard InChI is InChI=1S/C24H30F2N6O4S/c1-24(2,3)36-23(33)31-12-7-8-15(11-13-31)27-18-14-19(30-22(29-18)37(4,34)35)32-17-10-6-5-9-16(17)28-21(32)20(25)26/h5-6,9-10,14-15,20H,7-8,11-13H2,1-4H3,(H,27,29,30). The second-order valence-corrected chi connectivity index (χ2v) is 11.9. The minimum atomic E-state index is -3.86. The maximum Gasteiger partial charge on any atom is 0.410 e. The van der Waals surface area contributed by atoms with Gasteiger partial charge in [0, 0.05) is 31.5 Å². The molecular formula is C24H30F2N6O4S. The summed E-state index contributed by atoms with van der Waals surface area (Å²) in [5.74, 6) is -0.405. The molecule has 4 rings (SSSR count). The van der Waals surface area contributed by atoms with Crippen LogP contribution in [0.4, 0.5) is 19.4 Å². The largest absolute Gasteiger partial charge is 0.444 e. The third kappa shape index (κ3) is 6.32. The van der Waals surface area contributed by atoms with Gasteiger partial charge in [0.25, 0.3) is 11.6 Å². The number of alkyl halides is 2. The molecule has 0 saturated carbocycles. The van der Waals surface area contributed by atoms with Crippen LogP contribution in [0, 0.1) is 0 Å². The van der Waals surface area contributed by atoms with Crippen molar-refractivity contribution in [1.29, 1.82) is 0 Å². The van der Waals surface area contributed by atoms with Crippen LogP contribution in [-0.4, -0.2) is 69.9 Å². The smallest absolute Gasteiger partial charge is 0.410 e. The second-order valence-electron chi connectivity index (χ2n) is 10.0. The van der Waals surface area contributed by atoms with E-state index in [1.54, 1.807) is 29.2 Å². The molecule has 0 radical (unpaired) electrons. The quantitative estimate of drug-likeness (QED) is 0.478. The van der Waals surface area contributed by atoms with E-state index >= 15 is 0 Å². The van der Waals surface area contributed by atoms with Crippen LogP contribution in [0.1, 0.15) is 52.3 Å². The lowest BCUT2D eigenvalue weighted by molar-refractivity contribution is 0.0256. The summed E-state index contributed by atoms with van der Waals surface area (Å²) < 4.78 is 59.2. The molecule has 0 spiro atoms. The summed E-state index contributed by atoms with van der Waals surface area (Å²) in [6, 6.07) is 7.85. The van der Waals surface area contributed by atoms with Gasteiger partial charge in [-0.1, -0.05) is 12.1 Å². The second kappa shape index (κ2) is 10.2. The Morgan fingerprint density at radius 1 is 1.14 bits per heavy atom. The van der Waals surface area contributed by atoms with Gasteiger partial charge in [-0.3, -0.25) is 4.57 Å². The number of likely N-dealkylation sites (tertiary alicyclic amines) is 1. The Balaban J connectivity index is 1.66. The predicted molar refractivity (Wildman–Crippen MR) is 134 cm³/mol. The number of rotatable bonds is 5. The zero-order valence-electron chi connectivity index (χ0n) is 21.1. The lowest BCUT2D eigenvalue weighted by Crippen LogP contribution is -2.37. The van der Waals surface area contributed by atoms with Gasteiger partial charge in [-0.15, -0.1) is 0 Å². The molecule has 1 atom stereocenters. The zero-order valence-corrected chi connectivity index (χ0v) is 21.9. The summed E-state index contributed by atoms with van der Waals surface area (Å²) in [5.41, 5.74) is 0.0943. The lowest BCUT2D eigenvalue weighted by atomic mass is 10.1. The Morgan fingerprint density at radius 3 is 2.54 bits per heavy atom. The molecule has 1 amide bonds. The Labute approximate surface area is 214 Å². The van der Waals surface area contributed by atoms with E-state index in [1.807, 2.05) is 20.8 Å². The van der Waals surface area contributed by atoms with Crippen molar-refractivity contribution in [3.05, 3.63) is 36.2 Å². The van der Waals surface area contributed by atoms with E-state index in [2.05, 4.69) is 20.3 Å². The highest BCUT2D eigenvalue weighted by molar-refractivity contribution is 7.90. The van der Waals surface area contributed by atoms with Gasteiger partial charge in [-0.25, -0.2) is 36.9 Å². The molecule has 3 aromatic rings. The number of carbonyl (C=O) groups excluding carboxylic acids is 1. The predicted octanol–water partition coefficient (Wildman–Crippen LogP) is 4.36. The van der Waals surface area contributed by atoms with Gasteiger partial charge in [-0.05, 0) is 52.2 Å². The fourth-order valence-electron chi connectivity index (χ4n) is 4.16. The fraction of sp³-hybridized carbons (Fsp3) is 0.500. The number of fused-ring (bicyclic) bond motifs is 1. The van der Waals surface area contributed by atoms with E-state index in [1.165, 1.54) is 6.07 Å². The SMILES string of the molecule is CC(C)(C)OC(=O)N1CCCC(Nc2cc(-n3c(C(F)F)nc4ccccc43)nc(S(C)(=O)=O)n2)CC1. The van der Waals surface area contributed by atoms with E-state index in [0.717, 1.165) is 10.8 Å². The van der Waals surface area contributed by atoms with Crippen molar-refractivity contribution in [1.82, 2.24) is 24.4 Å². The molecule has 200 valence electrons. The number of nitrogens with zero attached hydrogens (tertiary/aromatic N) is 5. The number of aromatic nitrogens is 4. The normalized spacial score (nSPS) is 17.2. The van der Waals surface area contributed by atoms with Crippen molar-refractivity contribution in [3.63, 3.8) is 0 Å². The summed E-state index contributed by atoms with van der Waals surface area (Å²) in [6.45, 7) is 6.38. The summed E-state index contributed by atoms with van der Waals surface area (Å²) in [5, 5.41) is 2.73. The van der Waals surface area contributed by atoms with E-state index in [9.17, 15) is 22.0 Å². The Morgan fingerprint density at radius 2 is 1.86 bits per heavy atom. The van der Waals surface area contributed by atoms with Gasteiger partial charge >= 0.3 is 6.09 Å². The number of benzene rings is 1. The molecule has 10 nitrogen and oxygen atoms in total. The summed E-state index contributed by atoms with van der Waals surface area (Å²) in [4.78, 5) is 26.4. The van der Waals surface area contributed by atoms with Gasteiger partial charge in [0.15, 0.2) is 5.82 Å². The lowest BCUT2D eigenvalue weighted by Gasteiger charge is -2.26. The Bertz CT molecular complexity index is 1400. The van der Waals surface area contributed by atoms with Crippen LogP contribution in [0.25, 0.3) is 16.9 Å². The van der Waals surface area contributed by atoms with Gasteiger partial charge in [-0.2, -0.15) is 0 Å². The van der Waals surface area contributed by atoms with Crippen molar-refractivity contribution in [2.24, 2.45) is 0 Å². The van der Waals surface area contributed by atoms with Crippen LogP contribution in [0.2, 0.25) is 0 Å². The molecule has 2 aromatic heterocycles. The van der Waals surface area contributed by atoms with Crippen molar-refractivity contribution in [2.75, 3.05) is 24.7 Å². The molecular weight excluding hydrogens is 506 g/mol. The minimum absolute atomic E-state index is 0.0362. The zero-order chi connectivity index (χ0) is 27.0. The van der Waals surface area contributed by atoms with Crippen LogP contribution in [0.5, 0.6) is 0 Å². The van der Waals surface area contributed by atoms with Crippen LogP contribution in [0.3, 0.4) is 0 Å². The number of anilines is 1. The maximum absolute atomic E-state index is 13.9. The molecule has 1 N–H and O–H groups in total. The number of hydrogen-bond acceptors (Lipinski definition) is 8. The number of para-hydroxylation sites is 2. The van der Waals surface area contributed by atoms with E-state index in [4.69, 9.17) is 4.74 Å². The molecule has 1 aromatic carbocycles. The average molecular weight is 537 g/mol. The van der Waals surface area contributed by atoms with Gasteiger partial charge < -0.3 is 15.0 Å². The van der Waals surface area contributed by atoms with E-state index in [-0.39, 0.29) is 23.8 Å². The van der Waals surface area contributed by atoms with Crippen molar-refractivity contribution in [3.8, 4) is 5.82 Å². The first-order valence-electron chi connectivity index (χ1n) is 11.9. The Hall–Kier alpha value is -3.35. The highest BCUT2D eigenvalue weighted by Gasteiger charge is 2.27. The first kappa shape index (κ1) is 26.7. The third-order valence-electron chi connectivity index (χ3n) is 5.77. The number of halogens is 2. The first-order valence-corrected chi connectivity index (χ1v) is 13.8. The molecule has 3 heterocycles. The molecule has 1 fully saturated rings. The highest BCUT2D eigenvalue weighted by Crippen LogP contribution is 2.29. The fourth-order valence-corrected chi connectivity index (χ4v) is 4.68. The number of hydrogen-bond donors (Lipinski definition) is 1. The number of imidazole rings is 1. The minimum Gasteiger partial charge on any atom is -0.444 e. The Kier molecular flexibility index (Phi) is 7.36. The van der Waals surface area contributed by atoms with Crippen molar-refractivity contribution in [2.45, 2.75) is 63.3 Å². The maximum atomic E-state index is 13.9. The molecule has 37 heavy (non-hydrogen) atoms. The number of sulfone groups is 1. The van der Waals surface area contributed by atoms with E-state index < -0.39 is 32.8 Å². The third-order valence-corrected chi connectivity index (χ3v) is 6.61. The molecule has 1 saturated heterocycles. The van der Waals surface area contributed by atoms with Crippen LogP contribution in [-0.2, 0) is 14.6 Å². The highest BCUT2D eigenvalue weighted by atomic mass is 32.2. The topological polar surface area (TPSA) is 119 Å². The molecule has 1 aliphatic heterocycles. The van der Waals surface area contributed by atoms with Crippen LogP contribution >= 0.6 is 0 Å². The molecule has 0 aliphatic carbocycles. The number of ether oxygens (including phenoxy) is 1. The number of nitrogens with one attached hydrogen (secondary N) is 1. The van der Waals surface area contributed by atoms with Crippen molar-refractivity contribution < 1.29 is 26.7 Å². The van der Waals surface area contributed by atoms with Gasteiger partial charge in [0.2, 0.25) is 9.84 Å². The van der Waals surface area contributed by atoms with Gasteiger partial charge in [0.05, 0.1) is 11.0 Å². The summed E-state index contributed by atoms with van der Waals surface area (Å²) in [6.07, 6.45) is -0.411. The molecule has 13 heteroatoms. The monoisotopic (exact) mass is 536 g/mol. The van der Waals surface area contributed by atoms with Crippen LogP contribution in [0.15, 0.2) is 35.5 Å².